The number of aromatic amines is 1. The summed E-state index contributed by atoms with van der Waals surface area (Å²) < 4.78 is 37.5. The van der Waals surface area contributed by atoms with Crippen molar-refractivity contribution in [2.45, 2.75) is 58.6 Å². The van der Waals surface area contributed by atoms with Gasteiger partial charge in [-0.2, -0.15) is 4.31 Å². The van der Waals surface area contributed by atoms with E-state index in [0.717, 1.165) is 12.0 Å². The second kappa shape index (κ2) is 12.7. The Kier molecular flexibility index (Phi) is 9.49. The van der Waals surface area contributed by atoms with Crippen LogP contribution in [0.15, 0.2) is 32.7 Å². The first-order chi connectivity index (χ1) is 19.0. The summed E-state index contributed by atoms with van der Waals surface area (Å²) in [4.78, 5) is 34.5. The number of likely N-dealkylation sites (N-methyl/N-ethyl adjacent to an activating group) is 1. The van der Waals surface area contributed by atoms with Crippen LogP contribution in [0.4, 0.5) is 0 Å². The number of nitrogens with one attached hydrogen (secondary N) is 2. The molecule has 0 radical (unpaired) electrons. The summed E-state index contributed by atoms with van der Waals surface area (Å²) in [6.45, 7) is 12.4. The first-order valence-electron chi connectivity index (χ1n) is 13.9. The Hall–Kier alpha value is -3.00. The van der Waals surface area contributed by atoms with E-state index in [0.29, 0.717) is 81.7 Å². The molecular weight excluding hydrogens is 534 g/mol. The van der Waals surface area contributed by atoms with E-state index >= 15 is 0 Å². The van der Waals surface area contributed by atoms with E-state index in [4.69, 9.17) is 4.74 Å². The van der Waals surface area contributed by atoms with E-state index in [9.17, 15) is 18.0 Å². The van der Waals surface area contributed by atoms with Gasteiger partial charge in [0.15, 0.2) is 11.2 Å². The smallest absolute Gasteiger partial charge is 0.330 e. The first kappa shape index (κ1) is 30.0. The molecule has 3 heterocycles. The third-order valence-corrected chi connectivity index (χ3v) is 8.94. The number of nitrogens with zero attached hydrogens (tertiary/aromatic N) is 5. The number of sulfonamides is 1. The second-order valence-corrected chi connectivity index (χ2v) is 12.7. The summed E-state index contributed by atoms with van der Waals surface area (Å²) >= 11 is 0. The highest BCUT2D eigenvalue weighted by molar-refractivity contribution is 7.89. The molecule has 2 N–H and O–H groups in total. The second-order valence-electron chi connectivity index (χ2n) is 10.7. The molecule has 0 bridgehead atoms. The van der Waals surface area contributed by atoms with E-state index < -0.39 is 21.3 Å². The Morgan fingerprint density at radius 1 is 1.12 bits per heavy atom. The lowest BCUT2D eigenvalue weighted by molar-refractivity contribution is 0.222. The Morgan fingerprint density at radius 3 is 2.52 bits per heavy atom. The van der Waals surface area contributed by atoms with Crippen LogP contribution in [0.3, 0.4) is 0 Å². The molecule has 1 aliphatic heterocycles. The van der Waals surface area contributed by atoms with Crippen molar-refractivity contribution in [1.29, 1.82) is 0 Å². The number of hydrogen-bond donors (Lipinski definition) is 2. The Bertz CT molecular complexity index is 1550. The highest BCUT2D eigenvalue weighted by atomic mass is 32.2. The fourth-order valence-electron chi connectivity index (χ4n) is 4.89. The molecule has 1 aromatic carbocycles. The molecular formula is C27H41N7O5S. The lowest BCUT2D eigenvalue weighted by Crippen LogP contribution is -2.47. The number of H-pyrrole nitrogens is 1. The Balaban J connectivity index is 1.53. The summed E-state index contributed by atoms with van der Waals surface area (Å²) in [5.41, 5.74) is 0.584. The fraction of sp³-hybridized carbons (Fsp3) is 0.593. The topological polar surface area (TPSA) is 135 Å². The Morgan fingerprint density at radius 2 is 1.85 bits per heavy atom. The summed E-state index contributed by atoms with van der Waals surface area (Å²) in [5, 5.41) is 3.37. The molecule has 220 valence electrons. The van der Waals surface area contributed by atoms with Crippen LogP contribution >= 0.6 is 0 Å². The molecule has 12 nitrogen and oxygen atoms in total. The SMILES string of the molecule is CCCOc1ccc(S(=O)(=O)N2CCN(C)CC2)cc1CNCCn1c(C)nc2c1c(=O)[nH]c(=O)n2CC(C)C. The highest BCUT2D eigenvalue weighted by Crippen LogP contribution is 2.26. The van der Waals surface area contributed by atoms with Crippen LogP contribution in [-0.4, -0.2) is 83.1 Å². The van der Waals surface area contributed by atoms with Gasteiger partial charge in [0.25, 0.3) is 5.56 Å². The third kappa shape index (κ3) is 6.48. The zero-order valence-corrected chi connectivity index (χ0v) is 24.9. The van der Waals surface area contributed by atoms with E-state index in [1.54, 1.807) is 22.8 Å². The summed E-state index contributed by atoms with van der Waals surface area (Å²) in [7, 11) is -1.63. The van der Waals surface area contributed by atoms with Gasteiger partial charge in [0.2, 0.25) is 10.0 Å². The number of imidazole rings is 1. The minimum Gasteiger partial charge on any atom is -0.493 e. The first-order valence-corrected chi connectivity index (χ1v) is 15.3. The molecule has 3 aromatic rings. The molecule has 0 amide bonds. The molecule has 2 aromatic heterocycles. The fourth-order valence-corrected chi connectivity index (χ4v) is 6.36. The number of aryl methyl sites for hydroxylation is 1. The zero-order valence-electron chi connectivity index (χ0n) is 24.1. The van der Waals surface area contributed by atoms with Crippen molar-refractivity contribution in [3.8, 4) is 5.75 Å². The van der Waals surface area contributed by atoms with Crippen molar-refractivity contribution >= 4 is 21.2 Å². The van der Waals surface area contributed by atoms with Crippen LogP contribution in [0.5, 0.6) is 5.75 Å². The molecule has 1 aliphatic rings. The molecule has 0 atom stereocenters. The standard InChI is InChI=1S/C27H41N7O5S/c1-6-15-39-23-8-7-22(40(37,38)32-13-11-31(5)12-14-32)16-21(23)17-28-9-10-33-20(4)29-25-24(33)26(35)30-27(36)34(25)18-19(2)3/h7-8,16,19,28H,6,9-15,17-18H2,1-5H3,(H,30,35,36). The van der Waals surface area contributed by atoms with Gasteiger partial charge >= 0.3 is 5.69 Å². The van der Waals surface area contributed by atoms with Crippen LogP contribution in [0.2, 0.25) is 0 Å². The predicted octanol–water partition coefficient (Wildman–Crippen LogP) is 1.37. The van der Waals surface area contributed by atoms with Gasteiger partial charge in [0, 0.05) is 57.9 Å². The van der Waals surface area contributed by atoms with Gasteiger partial charge in [-0.25, -0.2) is 18.2 Å². The summed E-state index contributed by atoms with van der Waals surface area (Å²) in [6, 6.07) is 5.04. The van der Waals surface area contributed by atoms with Gasteiger partial charge in [0.1, 0.15) is 11.6 Å². The minimum absolute atomic E-state index is 0.207. The summed E-state index contributed by atoms with van der Waals surface area (Å²) in [6.07, 6.45) is 0.831. The minimum atomic E-state index is -3.62. The quantitative estimate of drug-likeness (QED) is 0.309. The molecule has 40 heavy (non-hydrogen) atoms. The molecule has 0 unspecified atom stereocenters. The van der Waals surface area contributed by atoms with E-state index in [2.05, 4.69) is 20.2 Å². The number of piperazine rings is 1. The molecule has 0 aliphatic carbocycles. The van der Waals surface area contributed by atoms with Gasteiger partial charge in [-0.15, -0.1) is 0 Å². The van der Waals surface area contributed by atoms with E-state index in [1.807, 2.05) is 34.7 Å². The zero-order chi connectivity index (χ0) is 29.0. The number of fused-ring (bicyclic) bond motifs is 1. The van der Waals surface area contributed by atoms with E-state index in [-0.39, 0.29) is 10.8 Å². The van der Waals surface area contributed by atoms with Gasteiger partial charge in [-0.05, 0) is 44.5 Å². The van der Waals surface area contributed by atoms with Crippen molar-refractivity contribution in [2.24, 2.45) is 5.92 Å². The molecule has 13 heteroatoms. The monoisotopic (exact) mass is 575 g/mol. The van der Waals surface area contributed by atoms with Crippen LogP contribution in [0.1, 0.15) is 38.6 Å². The molecule has 0 saturated carbocycles. The molecule has 1 fully saturated rings. The Labute approximate surface area is 235 Å². The average molecular weight is 576 g/mol. The van der Waals surface area contributed by atoms with Gasteiger partial charge in [-0.3, -0.25) is 14.3 Å². The van der Waals surface area contributed by atoms with Crippen molar-refractivity contribution in [3.05, 3.63) is 50.4 Å². The van der Waals surface area contributed by atoms with Gasteiger partial charge in [-0.1, -0.05) is 20.8 Å². The molecule has 0 spiro atoms. The molecule has 4 rings (SSSR count). The maximum atomic E-state index is 13.3. The van der Waals surface area contributed by atoms with Gasteiger partial charge < -0.3 is 19.5 Å². The third-order valence-electron chi connectivity index (χ3n) is 7.05. The number of ether oxygens (including phenoxy) is 1. The average Bonchev–Trinajstić information content (AvgIpc) is 3.24. The maximum Gasteiger partial charge on any atom is 0.330 e. The number of rotatable bonds is 12. The van der Waals surface area contributed by atoms with Crippen molar-refractivity contribution in [3.63, 3.8) is 0 Å². The van der Waals surface area contributed by atoms with Crippen LogP contribution in [-0.2, 0) is 29.7 Å². The largest absolute Gasteiger partial charge is 0.493 e. The predicted molar refractivity (Wildman–Crippen MR) is 154 cm³/mol. The normalized spacial score (nSPS) is 15.3. The summed E-state index contributed by atoms with van der Waals surface area (Å²) in [5.74, 6) is 1.49. The number of aromatic nitrogens is 4. The van der Waals surface area contributed by atoms with E-state index in [1.165, 1.54) is 8.87 Å². The van der Waals surface area contributed by atoms with Crippen molar-refractivity contribution < 1.29 is 13.2 Å². The molecule has 1 saturated heterocycles. The van der Waals surface area contributed by atoms with Crippen LogP contribution < -0.4 is 21.3 Å². The number of benzene rings is 1. The van der Waals surface area contributed by atoms with Gasteiger partial charge in [0.05, 0.1) is 11.5 Å². The van der Waals surface area contributed by atoms with Crippen molar-refractivity contribution in [1.82, 2.24) is 33.6 Å². The lowest BCUT2D eigenvalue weighted by Gasteiger charge is -2.31. The number of hydrogen-bond acceptors (Lipinski definition) is 8. The van der Waals surface area contributed by atoms with Crippen LogP contribution in [0, 0.1) is 12.8 Å². The van der Waals surface area contributed by atoms with Crippen LogP contribution in [0.25, 0.3) is 11.2 Å². The highest BCUT2D eigenvalue weighted by Gasteiger charge is 2.28. The van der Waals surface area contributed by atoms with Crippen molar-refractivity contribution in [2.75, 3.05) is 46.4 Å². The lowest BCUT2D eigenvalue weighted by atomic mass is 10.2. The maximum absolute atomic E-state index is 13.3.